The highest BCUT2D eigenvalue weighted by Gasteiger charge is 2.32. The second-order valence-corrected chi connectivity index (χ2v) is 21.6. The molecule has 2 aliphatic heterocycles. The lowest BCUT2D eigenvalue weighted by atomic mass is 9.93. The number of benzene rings is 5. The van der Waals surface area contributed by atoms with Gasteiger partial charge in [0.05, 0.1) is 28.2 Å². The van der Waals surface area contributed by atoms with Crippen molar-refractivity contribution in [2.24, 2.45) is 7.05 Å². The number of aromatic nitrogens is 1. The number of aliphatic hydroxyl groups is 1. The first kappa shape index (κ1) is 50.7. The van der Waals surface area contributed by atoms with Crippen LogP contribution in [0.1, 0.15) is 47.8 Å². The number of likely N-dealkylation sites (tertiary alicyclic amines) is 1. The van der Waals surface area contributed by atoms with E-state index >= 15 is 0 Å². The molecule has 11 nitrogen and oxygen atoms in total. The number of piperidine rings is 1. The molecule has 0 unspecified atom stereocenters. The summed E-state index contributed by atoms with van der Waals surface area (Å²) < 4.78 is 74.4. The molecule has 5 aromatic carbocycles. The summed E-state index contributed by atoms with van der Waals surface area (Å²) in [5.74, 6) is -0.435. The molecule has 0 radical (unpaired) electrons. The molecule has 70 heavy (non-hydrogen) atoms. The minimum atomic E-state index is -4.59. The van der Waals surface area contributed by atoms with Crippen molar-refractivity contribution in [1.82, 2.24) is 9.47 Å². The van der Waals surface area contributed by atoms with Gasteiger partial charge < -0.3 is 34.8 Å². The Morgan fingerprint density at radius 2 is 1.49 bits per heavy atom. The largest absolute Gasteiger partial charge is 0.478 e. The molecule has 2 fully saturated rings. The predicted molar refractivity (Wildman–Crippen MR) is 276 cm³/mol. The third-order valence-corrected chi connectivity index (χ3v) is 16.1. The number of aromatic carboxylic acids is 1. The second-order valence-electron chi connectivity index (χ2n) is 18.4. The maximum atomic E-state index is 14.1. The SMILES string of the molecule is Cc1c(C(=O)O)c(-c2cccc(N3CCN(c4ccc(NS(=O)(=O)c5ccc(N[C@H](CCN6CCC(C)(O)CC6)CSc6ccccc6)c(CC(F)(F)F)c5)cc4)CC3)c2)c(-c2ccc(Cl)cc2)n1C. The Bertz CT molecular complexity index is 2880. The minimum absolute atomic E-state index is 0.164. The molecule has 370 valence electrons. The highest BCUT2D eigenvalue weighted by molar-refractivity contribution is 7.99. The Morgan fingerprint density at radius 3 is 2.13 bits per heavy atom. The first-order valence-corrected chi connectivity index (χ1v) is 26.2. The van der Waals surface area contributed by atoms with Crippen LogP contribution in [-0.4, -0.2) is 103 Å². The fraction of sp³-hybridized carbons (Fsp3) is 0.340. The highest BCUT2D eigenvalue weighted by Crippen LogP contribution is 2.41. The van der Waals surface area contributed by atoms with Gasteiger partial charge in [-0.2, -0.15) is 13.2 Å². The van der Waals surface area contributed by atoms with E-state index in [1.807, 2.05) is 97.4 Å². The maximum Gasteiger partial charge on any atom is 0.393 e. The van der Waals surface area contributed by atoms with Gasteiger partial charge in [0.1, 0.15) is 0 Å². The summed E-state index contributed by atoms with van der Waals surface area (Å²) in [5.41, 5.74) is 5.40. The molecule has 0 saturated carbocycles. The van der Waals surface area contributed by atoms with Crippen molar-refractivity contribution in [3.63, 3.8) is 0 Å². The number of hydrogen-bond donors (Lipinski definition) is 4. The summed E-state index contributed by atoms with van der Waals surface area (Å²) in [4.78, 5) is 20.1. The summed E-state index contributed by atoms with van der Waals surface area (Å²) in [5, 5.41) is 24.7. The Labute approximate surface area is 417 Å². The van der Waals surface area contributed by atoms with Crippen molar-refractivity contribution in [1.29, 1.82) is 0 Å². The van der Waals surface area contributed by atoms with E-state index in [1.165, 1.54) is 12.1 Å². The van der Waals surface area contributed by atoms with Crippen LogP contribution in [0.2, 0.25) is 5.02 Å². The Kier molecular flexibility index (Phi) is 15.5. The van der Waals surface area contributed by atoms with Crippen molar-refractivity contribution in [3.05, 3.63) is 143 Å². The number of anilines is 4. The van der Waals surface area contributed by atoms with Gasteiger partial charge in [-0.15, -0.1) is 11.8 Å². The number of rotatable bonds is 17. The van der Waals surface area contributed by atoms with Gasteiger partial charge in [0.2, 0.25) is 0 Å². The van der Waals surface area contributed by atoms with Crippen LogP contribution >= 0.6 is 23.4 Å². The molecule has 2 saturated heterocycles. The fourth-order valence-corrected chi connectivity index (χ4v) is 11.5. The zero-order valence-corrected chi connectivity index (χ0v) is 41.7. The topological polar surface area (TPSA) is 130 Å². The van der Waals surface area contributed by atoms with E-state index in [0.717, 1.165) is 52.2 Å². The molecular formula is C53H58ClF3N6O5S2. The molecule has 6 aromatic rings. The molecule has 17 heteroatoms. The van der Waals surface area contributed by atoms with Gasteiger partial charge in [0.25, 0.3) is 10.0 Å². The molecule has 0 bridgehead atoms. The van der Waals surface area contributed by atoms with E-state index in [2.05, 4.69) is 24.7 Å². The maximum absolute atomic E-state index is 14.1. The summed E-state index contributed by atoms with van der Waals surface area (Å²) in [6, 6.07) is 35.6. The number of hydrogen-bond acceptors (Lipinski definition) is 9. The molecule has 0 amide bonds. The smallest absolute Gasteiger partial charge is 0.393 e. The van der Waals surface area contributed by atoms with Gasteiger partial charge in [-0.25, -0.2) is 13.2 Å². The van der Waals surface area contributed by atoms with E-state index in [-0.39, 0.29) is 33.4 Å². The number of sulfonamides is 1. The Balaban J connectivity index is 0.932. The van der Waals surface area contributed by atoms with Crippen molar-refractivity contribution in [3.8, 4) is 22.4 Å². The van der Waals surface area contributed by atoms with E-state index in [4.69, 9.17) is 11.6 Å². The van der Waals surface area contributed by atoms with Crippen molar-refractivity contribution >= 4 is 62.1 Å². The zero-order valence-electron chi connectivity index (χ0n) is 39.3. The predicted octanol–water partition coefficient (Wildman–Crippen LogP) is 11.1. The van der Waals surface area contributed by atoms with Crippen molar-refractivity contribution in [2.75, 3.05) is 71.4 Å². The first-order valence-electron chi connectivity index (χ1n) is 23.3. The average molecular weight is 1020 g/mol. The van der Waals surface area contributed by atoms with Gasteiger partial charge >= 0.3 is 12.1 Å². The average Bonchev–Trinajstić information content (AvgIpc) is 3.60. The number of halogens is 4. The monoisotopic (exact) mass is 1010 g/mol. The molecule has 8 rings (SSSR count). The van der Waals surface area contributed by atoms with E-state index in [1.54, 1.807) is 43.0 Å². The number of thioether (sulfide) groups is 1. The van der Waals surface area contributed by atoms with Crippen LogP contribution in [0.4, 0.5) is 35.9 Å². The number of nitrogens with zero attached hydrogens (tertiary/aromatic N) is 4. The van der Waals surface area contributed by atoms with Crippen LogP contribution in [0, 0.1) is 6.92 Å². The van der Waals surface area contributed by atoms with Gasteiger partial charge in [0.15, 0.2) is 0 Å². The number of carbonyl (C=O) groups is 1. The lowest BCUT2D eigenvalue weighted by Crippen LogP contribution is -2.46. The zero-order chi connectivity index (χ0) is 49.8. The Hall–Kier alpha value is -5.65. The van der Waals surface area contributed by atoms with Crippen LogP contribution in [0.15, 0.2) is 131 Å². The van der Waals surface area contributed by atoms with Gasteiger partial charge in [-0.3, -0.25) is 4.72 Å². The first-order chi connectivity index (χ1) is 33.3. The van der Waals surface area contributed by atoms with E-state index < -0.39 is 34.2 Å². The minimum Gasteiger partial charge on any atom is -0.478 e. The highest BCUT2D eigenvalue weighted by atomic mass is 35.5. The molecule has 0 aliphatic carbocycles. The third-order valence-electron chi connectivity index (χ3n) is 13.3. The van der Waals surface area contributed by atoms with Crippen LogP contribution in [0.25, 0.3) is 22.4 Å². The second kappa shape index (κ2) is 21.4. The molecule has 2 aliphatic rings. The molecule has 1 aromatic heterocycles. The third kappa shape index (κ3) is 12.4. The molecular weight excluding hydrogens is 957 g/mol. The number of piperazine rings is 1. The van der Waals surface area contributed by atoms with Crippen molar-refractivity contribution < 1.29 is 36.6 Å². The van der Waals surface area contributed by atoms with E-state index in [9.17, 15) is 36.6 Å². The van der Waals surface area contributed by atoms with Crippen LogP contribution in [0.5, 0.6) is 0 Å². The number of alkyl halides is 3. The summed E-state index contributed by atoms with van der Waals surface area (Å²) in [7, 11) is -2.42. The van der Waals surface area contributed by atoms with Crippen LogP contribution in [0.3, 0.4) is 0 Å². The standard InChI is InChI=1S/C53H58ClF3N6O5S2/c1-36-48(51(64)65)49(50(60(36)3)37-12-14-40(54)15-13-37)38-8-7-9-44(32-38)63-30-28-62(29-31-63)43-18-16-41(17-19-43)59-70(67,68)46-20-21-47(39(33-46)34-53(55,56)57)58-42(35-69-45-10-5-4-6-11-45)22-25-61-26-23-52(2,66)24-27-61/h4-21,32-33,42,58-59,66H,22-31,34-35H2,1-3H3,(H,64,65)/t42-/m1/s1. The quantitative estimate of drug-likeness (QED) is 0.0655. The van der Waals surface area contributed by atoms with Gasteiger partial charge in [-0.1, -0.05) is 54.1 Å². The van der Waals surface area contributed by atoms with Gasteiger partial charge in [-0.05, 0) is 129 Å². The number of carboxylic acid groups (broad SMARTS) is 1. The Morgan fingerprint density at radius 1 is 0.829 bits per heavy atom. The summed E-state index contributed by atoms with van der Waals surface area (Å²) >= 11 is 7.80. The number of nitrogens with one attached hydrogen (secondary N) is 2. The molecule has 0 spiro atoms. The summed E-state index contributed by atoms with van der Waals surface area (Å²) in [6.45, 7) is 8.44. The normalized spacial score (nSPS) is 16.0. The van der Waals surface area contributed by atoms with E-state index in [0.29, 0.717) is 74.0 Å². The molecule has 4 N–H and O–H groups in total. The summed E-state index contributed by atoms with van der Waals surface area (Å²) in [6.07, 6.45) is -3.98. The van der Waals surface area contributed by atoms with Gasteiger partial charge in [0, 0.05) is 109 Å². The fourth-order valence-electron chi connectivity index (χ4n) is 9.29. The lowest BCUT2D eigenvalue weighted by Gasteiger charge is -2.37. The molecule has 3 heterocycles. The lowest BCUT2D eigenvalue weighted by molar-refractivity contribution is -0.127. The van der Waals surface area contributed by atoms with Crippen molar-refractivity contribution in [2.45, 2.75) is 67.1 Å². The molecule has 1 atom stereocenters. The number of carboxylic acids is 1. The van der Waals surface area contributed by atoms with Crippen LogP contribution < -0.4 is 19.8 Å². The van der Waals surface area contributed by atoms with Crippen LogP contribution in [-0.2, 0) is 23.5 Å².